The highest BCUT2D eigenvalue weighted by Gasteiger charge is 2.36. The largest absolute Gasteiger partial charge is 0.573 e. The van der Waals surface area contributed by atoms with Gasteiger partial charge in [-0.25, -0.2) is 10.9 Å². The molecule has 3 unspecified atom stereocenters. The number of carbonyl (C=O) groups is 2. The van der Waals surface area contributed by atoms with Gasteiger partial charge in [0.2, 0.25) is 11.8 Å². The number of anilines is 1. The number of hydrogen-bond acceptors (Lipinski definition) is 6. The number of hydrogen-bond donors (Lipinski definition) is 3. The maximum Gasteiger partial charge on any atom is 0.573 e. The third kappa shape index (κ3) is 5.99. The molecule has 2 aliphatic rings. The second kappa shape index (κ2) is 9.75. The number of benzene rings is 1. The van der Waals surface area contributed by atoms with Crippen molar-refractivity contribution < 1.29 is 27.5 Å². The van der Waals surface area contributed by atoms with Crippen molar-refractivity contribution in [1.29, 1.82) is 0 Å². The highest BCUT2D eigenvalue weighted by molar-refractivity contribution is 5.93. The number of piperidine rings is 1. The molecule has 2 amide bonds. The summed E-state index contributed by atoms with van der Waals surface area (Å²) in [6, 6.07) is 8.32. The summed E-state index contributed by atoms with van der Waals surface area (Å²) in [5.41, 5.74) is 7.53. The first-order valence-corrected chi connectivity index (χ1v) is 10.6. The van der Waals surface area contributed by atoms with E-state index in [1.54, 1.807) is 17.3 Å². The molecule has 11 heteroatoms. The van der Waals surface area contributed by atoms with Crippen molar-refractivity contribution in [3.8, 4) is 5.75 Å². The van der Waals surface area contributed by atoms with E-state index >= 15 is 0 Å². The van der Waals surface area contributed by atoms with Crippen molar-refractivity contribution in [1.82, 2.24) is 20.7 Å². The van der Waals surface area contributed by atoms with E-state index < -0.39 is 18.3 Å². The second-order valence-corrected chi connectivity index (χ2v) is 8.10. The molecule has 0 radical (unpaired) electrons. The van der Waals surface area contributed by atoms with Gasteiger partial charge in [0.15, 0.2) is 0 Å². The van der Waals surface area contributed by atoms with Gasteiger partial charge < -0.3 is 15.0 Å². The Morgan fingerprint density at radius 3 is 2.64 bits per heavy atom. The average molecular weight is 463 g/mol. The number of ether oxygens (including phenoxy) is 1. The Morgan fingerprint density at radius 1 is 1.15 bits per heavy atom. The molecule has 176 valence electrons. The van der Waals surface area contributed by atoms with Crippen molar-refractivity contribution in [2.75, 3.05) is 18.4 Å². The van der Waals surface area contributed by atoms with Crippen LogP contribution in [0.1, 0.15) is 30.9 Å². The topological polar surface area (TPSA) is 95.6 Å². The Kier molecular flexibility index (Phi) is 6.80. The molecule has 0 spiro atoms. The van der Waals surface area contributed by atoms with Gasteiger partial charge in [0, 0.05) is 37.2 Å². The lowest BCUT2D eigenvalue weighted by Gasteiger charge is -2.33. The quantitative estimate of drug-likeness (QED) is 0.631. The first-order valence-electron chi connectivity index (χ1n) is 10.6. The molecular weight excluding hydrogens is 439 g/mol. The van der Waals surface area contributed by atoms with Gasteiger partial charge in [-0.05, 0) is 55.2 Å². The summed E-state index contributed by atoms with van der Waals surface area (Å²) in [6.45, 7) is 0.859. The summed E-state index contributed by atoms with van der Waals surface area (Å²) >= 11 is 0. The third-order valence-corrected chi connectivity index (χ3v) is 5.75. The molecule has 2 aliphatic heterocycles. The van der Waals surface area contributed by atoms with E-state index in [-0.39, 0.29) is 30.2 Å². The number of nitrogens with zero attached hydrogens (tertiary/aromatic N) is 2. The van der Waals surface area contributed by atoms with Crippen LogP contribution in [0.5, 0.6) is 5.75 Å². The molecule has 1 aromatic heterocycles. The molecule has 2 aromatic rings. The van der Waals surface area contributed by atoms with E-state index in [2.05, 4.69) is 25.9 Å². The van der Waals surface area contributed by atoms with Gasteiger partial charge in [0.05, 0.1) is 5.92 Å². The zero-order valence-corrected chi connectivity index (χ0v) is 17.6. The molecule has 2 saturated heterocycles. The molecular formula is C22H24F3N5O3. The Bertz CT molecular complexity index is 971. The fourth-order valence-electron chi connectivity index (χ4n) is 4.11. The molecule has 0 bridgehead atoms. The molecule has 1 aromatic carbocycles. The van der Waals surface area contributed by atoms with Crippen LogP contribution >= 0.6 is 0 Å². The molecule has 3 N–H and O–H groups in total. The first-order chi connectivity index (χ1) is 15.8. The molecule has 3 heterocycles. The predicted molar refractivity (Wildman–Crippen MR) is 113 cm³/mol. The van der Waals surface area contributed by atoms with Crippen LogP contribution < -0.4 is 20.9 Å². The van der Waals surface area contributed by atoms with E-state index in [0.29, 0.717) is 31.5 Å². The number of carbonyl (C=O) groups excluding carboxylic acids is 2. The summed E-state index contributed by atoms with van der Waals surface area (Å²) in [4.78, 5) is 31.5. The SMILES string of the molecule is O=C(Nc1ccc(OC(F)(F)F)cc1)C1CCCN(C(=O)C2CC(c3cccnc3)NN2)C1. The summed E-state index contributed by atoms with van der Waals surface area (Å²) < 4.78 is 40.7. The van der Waals surface area contributed by atoms with Crippen LogP contribution in [-0.4, -0.2) is 47.2 Å². The number of hydrazine groups is 1. The van der Waals surface area contributed by atoms with Crippen LogP contribution in [0.3, 0.4) is 0 Å². The average Bonchev–Trinajstić information content (AvgIpc) is 3.30. The van der Waals surface area contributed by atoms with Crippen molar-refractivity contribution >= 4 is 17.5 Å². The van der Waals surface area contributed by atoms with Gasteiger partial charge in [-0.1, -0.05) is 6.07 Å². The number of rotatable bonds is 5. The lowest BCUT2D eigenvalue weighted by molar-refractivity contribution is -0.274. The highest BCUT2D eigenvalue weighted by Crippen LogP contribution is 2.26. The van der Waals surface area contributed by atoms with Crippen LogP contribution in [0.25, 0.3) is 0 Å². The van der Waals surface area contributed by atoms with E-state index in [9.17, 15) is 22.8 Å². The maximum atomic E-state index is 13.0. The van der Waals surface area contributed by atoms with Gasteiger partial charge in [0.1, 0.15) is 11.8 Å². The monoisotopic (exact) mass is 463 g/mol. The Labute approximate surface area is 188 Å². The first kappa shape index (κ1) is 23.0. The molecule has 0 aliphatic carbocycles. The lowest BCUT2D eigenvalue weighted by Crippen LogP contribution is -2.50. The molecule has 8 nitrogen and oxygen atoms in total. The Hall–Kier alpha value is -3.18. The van der Waals surface area contributed by atoms with Crippen molar-refractivity contribution in [2.45, 2.75) is 37.7 Å². The van der Waals surface area contributed by atoms with E-state index in [0.717, 1.165) is 17.7 Å². The van der Waals surface area contributed by atoms with Crippen LogP contribution in [0.4, 0.5) is 18.9 Å². The number of pyridine rings is 1. The zero-order valence-electron chi connectivity index (χ0n) is 17.6. The Balaban J connectivity index is 1.31. The standard InChI is InChI=1S/C22H24F3N5O3/c23-22(24,25)33-17-7-5-16(6-8-17)27-20(31)15-4-2-10-30(13-15)21(32)19-11-18(28-29-19)14-3-1-9-26-12-14/h1,3,5-9,12,15,18-19,28-29H,2,4,10-11,13H2,(H,27,31). The van der Waals surface area contributed by atoms with E-state index in [4.69, 9.17) is 0 Å². The van der Waals surface area contributed by atoms with Gasteiger partial charge in [-0.3, -0.25) is 14.6 Å². The minimum Gasteiger partial charge on any atom is -0.406 e. The maximum absolute atomic E-state index is 13.0. The fraction of sp³-hybridized carbons (Fsp3) is 0.409. The smallest absolute Gasteiger partial charge is 0.406 e. The molecule has 33 heavy (non-hydrogen) atoms. The number of halogens is 3. The van der Waals surface area contributed by atoms with Crippen molar-refractivity contribution in [3.63, 3.8) is 0 Å². The summed E-state index contributed by atoms with van der Waals surface area (Å²) in [5.74, 6) is -1.11. The summed E-state index contributed by atoms with van der Waals surface area (Å²) in [6.07, 6.45) is 0.566. The molecule has 2 fully saturated rings. The third-order valence-electron chi connectivity index (χ3n) is 5.75. The zero-order chi connectivity index (χ0) is 23.4. The Morgan fingerprint density at radius 2 is 1.94 bits per heavy atom. The van der Waals surface area contributed by atoms with Crippen LogP contribution in [0.15, 0.2) is 48.8 Å². The van der Waals surface area contributed by atoms with Gasteiger partial charge >= 0.3 is 6.36 Å². The fourth-order valence-corrected chi connectivity index (χ4v) is 4.11. The van der Waals surface area contributed by atoms with Crippen LogP contribution in [0.2, 0.25) is 0 Å². The van der Waals surface area contributed by atoms with Crippen LogP contribution in [-0.2, 0) is 9.59 Å². The number of nitrogens with one attached hydrogen (secondary N) is 3. The molecule has 0 saturated carbocycles. The van der Waals surface area contributed by atoms with Gasteiger partial charge in [0.25, 0.3) is 0 Å². The van der Waals surface area contributed by atoms with Gasteiger partial charge in [-0.2, -0.15) is 0 Å². The van der Waals surface area contributed by atoms with Crippen molar-refractivity contribution in [2.24, 2.45) is 5.92 Å². The molecule has 4 rings (SSSR count). The minimum absolute atomic E-state index is 0.0270. The number of alkyl halides is 3. The van der Waals surface area contributed by atoms with E-state index in [1.807, 2.05) is 12.1 Å². The lowest BCUT2D eigenvalue weighted by atomic mass is 9.95. The van der Waals surface area contributed by atoms with Crippen molar-refractivity contribution in [3.05, 3.63) is 54.4 Å². The molecule has 3 atom stereocenters. The predicted octanol–water partition coefficient (Wildman–Crippen LogP) is 2.77. The second-order valence-electron chi connectivity index (χ2n) is 8.10. The summed E-state index contributed by atoms with van der Waals surface area (Å²) in [5, 5.41) is 2.71. The minimum atomic E-state index is -4.77. The highest BCUT2D eigenvalue weighted by atomic mass is 19.4. The van der Waals surface area contributed by atoms with E-state index in [1.165, 1.54) is 12.1 Å². The number of likely N-dealkylation sites (tertiary alicyclic amines) is 1. The number of aromatic nitrogens is 1. The summed E-state index contributed by atoms with van der Waals surface area (Å²) in [7, 11) is 0. The van der Waals surface area contributed by atoms with Crippen LogP contribution in [0, 0.1) is 5.92 Å². The normalized spacial score (nSPS) is 23.2. The number of amides is 2. The van der Waals surface area contributed by atoms with Gasteiger partial charge in [-0.15, -0.1) is 13.2 Å².